The second kappa shape index (κ2) is 3.49. The van der Waals surface area contributed by atoms with E-state index in [1.54, 1.807) is 6.07 Å². The largest absolute Gasteiger partial charge is 0.439 e. The van der Waals surface area contributed by atoms with Crippen molar-refractivity contribution >= 4 is 38.6 Å². The van der Waals surface area contributed by atoms with E-state index >= 15 is 0 Å². The van der Waals surface area contributed by atoms with Crippen LogP contribution < -0.4 is 0 Å². The second-order valence-corrected chi connectivity index (χ2v) is 5.80. The van der Waals surface area contributed by atoms with Crippen LogP contribution in [0.2, 0.25) is 5.02 Å². The Bertz CT molecular complexity index is 513. The minimum atomic E-state index is -0.0923. The molecule has 0 aliphatic rings. The topological polar surface area (TPSA) is 26.0 Å². The number of hydrogen-bond donors (Lipinski definition) is 0. The van der Waals surface area contributed by atoms with Crippen molar-refractivity contribution in [2.24, 2.45) is 0 Å². The molecule has 2 nitrogen and oxygen atoms in total. The van der Waals surface area contributed by atoms with Gasteiger partial charge in [-0.15, -0.1) is 0 Å². The first kappa shape index (κ1) is 11.0. The SMILES string of the molecule is CC(C)(C)c1nc2cc(Cl)cc(Br)c2o1. The molecule has 0 saturated heterocycles. The highest BCUT2D eigenvalue weighted by atomic mass is 79.9. The summed E-state index contributed by atoms with van der Waals surface area (Å²) in [6.07, 6.45) is 0. The van der Waals surface area contributed by atoms with Crippen molar-refractivity contribution < 1.29 is 4.42 Å². The van der Waals surface area contributed by atoms with Crippen molar-refractivity contribution in [1.29, 1.82) is 0 Å². The predicted molar refractivity (Wildman–Crippen MR) is 65.4 cm³/mol. The van der Waals surface area contributed by atoms with Crippen LogP contribution in [0.3, 0.4) is 0 Å². The zero-order valence-electron chi connectivity index (χ0n) is 8.77. The Morgan fingerprint density at radius 2 is 2.00 bits per heavy atom. The summed E-state index contributed by atoms with van der Waals surface area (Å²) in [5.41, 5.74) is 1.45. The van der Waals surface area contributed by atoms with E-state index in [1.165, 1.54) is 0 Å². The Morgan fingerprint density at radius 1 is 1.33 bits per heavy atom. The second-order valence-electron chi connectivity index (χ2n) is 4.50. The van der Waals surface area contributed by atoms with Gasteiger partial charge in [-0.05, 0) is 28.1 Å². The third-order valence-electron chi connectivity index (χ3n) is 2.05. The molecule has 0 unspecified atom stereocenters. The van der Waals surface area contributed by atoms with E-state index in [2.05, 4.69) is 41.7 Å². The van der Waals surface area contributed by atoms with Crippen LogP contribution in [-0.4, -0.2) is 4.98 Å². The molecule has 0 N–H and O–H groups in total. The third-order valence-corrected chi connectivity index (χ3v) is 2.86. The van der Waals surface area contributed by atoms with Gasteiger partial charge in [0, 0.05) is 10.4 Å². The van der Waals surface area contributed by atoms with Gasteiger partial charge in [-0.1, -0.05) is 32.4 Å². The van der Waals surface area contributed by atoms with E-state index < -0.39 is 0 Å². The highest BCUT2D eigenvalue weighted by molar-refractivity contribution is 9.10. The molecule has 0 atom stereocenters. The molecule has 2 aromatic rings. The predicted octanol–water partition coefficient (Wildman–Crippen LogP) is 4.54. The average Bonchev–Trinajstić information content (AvgIpc) is 2.46. The molecule has 80 valence electrons. The van der Waals surface area contributed by atoms with Crippen molar-refractivity contribution in [3.05, 3.63) is 27.5 Å². The van der Waals surface area contributed by atoms with Crippen LogP contribution in [-0.2, 0) is 5.41 Å². The molecule has 15 heavy (non-hydrogen) atoms. The van der Waals surface area contributed by atoms with Crippen LogP contribution in [0.25, 0.3) is 11.1 Å². The van der Waals surface area contributed by atoms with Crippen molar-refractivity contribution in [2.75, 3.05) is 0 Å². The van der Waals surface area contributed by atoms with Crippen LogP contribution in [0.15, 0.2) is 21.0 Å². The molecule has 0 spiro atoms. The number of nitrogens with zero attached hydrogens (tertiary/aromatic N) is 1. The molecule has 0 saturated carbocycles. The molecule has 0 aliphatic heterocycles. The first-order valence-electron chi connectivity index (χ1n) is 4.64. The van der Waals surface area contributed by atoms with E-state index in [0.717, 1.165) is 21.5 Å². The normalized spacial score (nSPS) is 12.3. The van der Waals surface area contributed by atoms with Gasteiger partial charge in [0.25, 0.3) is 0 Å². The van der Waals surface area contributed by atoms with E-state index in [9.17, 15) is 0 Å². The number of oxazole rings is 1. The quantitative estimate of drug-likeness (QED) is 0.711. The monoisotopic (exact) mass is 287 g/mol. The van der Waals surface area contributed by atoms with Gasteiger partial charge in [-0.3, -0.25) is 0 Å². The Morgan fingerprint density at radius 3 is 2.60 bits per heavy atom. The molecular formula is C11H11BrClNO. The van der Waals surface area contributed by atoms with Crippen LogP contribution in [0.1, 0.15) is 26.7 Å². The summed E-state index contributed by atoms with van der Waals surface area (Å²) in [6.45, 7) is 6.19. The minimum absolute atomic E-state index is 0.0923. The molecule has 4 heteroatoms. The highest BCUT2D eigenvalue weighted by Gasteiger charge is 2.21. The summed E-state index contributed by atoms with van der Waals surface area (Å²) in [7, 11) is 0. The molecule has 1 aromatic heterocycles. The zero-order chi connectivity index (χ0) is 11.2. The minimum Gasteiger partial charge on any atom is -0.439 e. The number of aromatic nitrogens is 1. The lowest BCUT2D eigenvalue weighted by Gasteiger charge is -2.11. The number of halogens is 2. The summed E-state index contributed by atoms with van der Waals surface area (Å²) in [6, 6.07) is 3.61. The van der Waals surface area contributed by atoms with E-state index in [-0.39, 0.29) is 5.41 Å². The van der Waals surface area contributed by atoms with Crippen molar-refractivity contribution in [3.63, 3.8) is 0 Å². The van der Waals surface area contributed by atoms with E-state index in [4.69, 9.17) is 16.0 Å². The van der Waals surface area contributed by atoms with E-state index in [0.29, 0.717) is 5.02 Å². The number of benzene rings is 1. The van der Waals surface area contributed by atoms with Crippen LogP contribution in [0.4, 0.5) is 0 Å². The fourth-order valence-electron chi connectivity index (χ4n) is 1.28. The maximum absolute atomic E-state index is 5.94. The molecule has 0 fully saturated rings. The third kappa shape index (κ3) is 2.04. The maximum Gasteiger partial charge on any atom is 0.200 e. The molecule has 0 bridgehead atoms. The van der Waals surface area contributed by atoms with Gasteiger partial charge in [0.2, 0.25) is 5.89 Å². The van der Waals surface area contributed by atoms with Gasteiger partial charge < -0.3 is 4.42 Å². The summed E-state index contributed by atoms with van der Waals surface area (Å²) in [4.78, 5) is 4.42. The summed E-state index contributed by atoms with van der Waals surface area (Å²) < 4.78 is 6.54. The molecule has 1 aromatic carbocycles. The lowest BCUT2D eigenvalue weighted by Crippen LogP contribution is -2.10. The van der Waals surface area contributed by atoms with Crippen molar-refractivity contribution in [1.82, 2.24) is 4.98 Å². The Kier molecular flexibility index (Phi) is 2.55. The molecule has 0 amide bonds. The first-order chi connectivity index (χ1) is 6.88. The molecule has 0 aliphatic carbocycles. The summed E-state index contributed by atoms with van der Waals surface area (Å²) in [5.74, 6) is 0.723. The maximum atomic E-state index is 5.94. The van der Waals surface area contributed by atoms with Gasteiger partial charge in [0.05, 0.1) is 4.47 Å². The van der Waals surface area contributed by atoms with Crippen LogP contribution in [0.5, 0.6) is 0 Å². The lowest BCUT2D eigenvalue weighted by molar-refractivity contribution is 0.410. The first-order valence-corrected chi connectivity index (χ1v) is 5.81. The van der Waals surface area contributed by atoms with Gasteiger partial charge in [0.1, 0.15) is 5.52 Å². The lowest BCUT2D eigenvalue weighted by atomic mass is 9.97. The Hall–Kier alpha value is -0.540. The van der Waals surface area contributed by atoms with E-state index in [1.807, 2.05) is 6.07 Å². The van der Waals surface area contributed by atoms with Crippen LogP contribution >= 0.6 is 27.5 Å². The van der Waals surface area contributed by atoms with Gasteiger partial charge in [-0.2, -0.15) is 0 Å². The molecule has 0 radical (unpaired) electrons. The van der Waals surface area contributed by atoms with Gasteiger partial charge in [-0.25, -0.2) is 4.98 Å². The van der Waals surface area contributed by atoms with Gasteiger partial charge in [0.15, 0.2) is 5.58 Å². The smallest absolute Gasteiger partial charge is 0.200 e. The standard InChI is InChI=1S/C11H11BrClNO/c1-11(2,3)10-14-8-5-6(13)4-7(12)9(8)15-10/h4-5H,1-3H3. The zero-order valence-corrected chi connectivity index (χ0v) is 11.1. The molecule has 2 rings (SSSR count). The average molecular weight is 289 g/mol. The fraction of sp³-hybridized carbons (Fsp3) is 0.364. The number of hydrogen-bond acceptors (Lipinski definition) is 2. The van der Waals surface area contributed by atoms with Crippen molar-refractivity contribution in [2.45, 2.75) is 26.2 Å². The number of fused-ring (bicyclic) bond motifs is 1. The number of rotatable bonds is 0. The van der Waals surface area contributed by atoms with Crippen molar-refractivity contribution in [3.8, 4) is 0 Å². The Labute approximate surface area is 102 Å². The molecular weight excluding hydrogens is 277 g/mol. The highest BCUT2D eigenvalue weighted by Crippen LogP contribution is 2.32. The fourth-order valence-corrected chi connectivity index (χ4v) is 2.16. The summed E-state index contributed by atoms with van der Waals surface area (Å²) in [5, 5.41) is 0.656. The Balaban J connectivity index is 2.71. The molecule has 1 heterocycles. The van der Waals surface area contributed by atoms with Gasteiger partial charge >= 0.3 is 0 Å². The van der Waals surface area contributed by atoms with Crippen LogP contribution in [0, 0.1) is 0 Å². The summed E-state index contributed by atoms with van der Waals surface area (Å²) >= 11 is 9.35.